The predicted octanol–water partition coefficient (Wildman–Crippen LogP) is 5.46. The molecule has 6 nitrogen and oxygen atoms in total. The fraction of sp³-hybridized carbons (Fsp3) is 0.0800. The van der Waals surface area contributed by atoms with Crippen LogP contribution in [-0.4, -0.2) is 27.8 Å². The molecule has 2 aromatic heterocycles. The van der Waals surface area contributed by atoms with E-state index < -0.39 is 0 Å². The second kappa shape index (κ2) is 8.53. The van der Waals surface area contributed by atoms with Crippen LogP contribution in [-0.2, 0) is 16.3 Å². The molecule has 0 radical (unpaired) electrons. The molecule has 158 valence electrons. The molecule has 0 saturated heterocycles. The van der Waals surface area contributed by atoms with E-state index >= 15 is 0 Å². The standard InChI is InChI=1S/C25H19BrN4O2/c1-32-15-30-24-13-17(12-21-20-14-18(26)4-7-22(20)28-25(21)31)2-5-19(24)23(29-30)6-3-16-8-10-27-11-9-16/h2-14H,15H2,1H3,(H,28,31)/b6-3+,21-12+. The van der Waals surface area contributed by atoms with Crippen molar-refractivity contribution in [3.8, 4) is 0 Å². The Morgan fingerprint density at radius 1 is 1.06 bits per heavy atom. The number of fused-ring (bicyclic) bond motifs is 2. The van der Waals surface area contributed by atoms with Crippen molar-refractivity contribution >= 4 is 62.2 Å². The van der Waals surface area contributed by atoms with Gasteiger partial charge < -0.3 is 10.1 Å². The van der Waals surface area contributed by atoms with Gasteiger partial charge in [-0.25, -0.2) is 4.68 Å². The molecule has 1 N–H and O–H groups in total. The monoisotopic (exact) mass is 486 g/mol. The summed E-state index contributed by atoms with van der Waals surface area (Å²) < 4.78 is 8.10. The quantitative estimate of drug-likeness (QED) is 0.380. The van der Waals surface area contributed by atoms with Crippen molar-refractivity contribution in [1.82, 2.24) is 14.8 Å². The highest BCUT2D eigenvalue weighted by atomic mass is 79.9. The maximum Gasteiger partial charge on any atom is 0.256 e. The Kier molecular flexibility index (Phi) is 5.43. The highest BCUT2D eigenvalue weighted by Crippen LogP contribution is 2.35. The number of anilines is 1. The molecule has 1 aliphatic rings. The fourth-order valence-corrected chi connectivity index (χ4v) is 4.13. The van der Waals surface area contributed by atoms with E-state index in [-0.39, 0.29) is 5.91 Å². The molecule has 3 heterocycles. The number of carbonyl (C=O) groups is 1. The first-order valence-corrected chi connectivity index (χ1v) is 10.8. The molecule has 0 fully saturated rings. The SMILES string of the molecule is COCn1nc(/C=C/c2ccncc2)c2ccc(/C=C3/C(=O)Nc4ccc(Br)cc43)cc21. The lowest BCUT2D eigenvalue weighted by molar-refractivity contribution is -0.110. The van der Waals surface area contributed by atoms with Crippen molar-refractivity contribution in [2.45, 2.75) is 6.73 Å². The molecule has 32 heavy (non-hydrogen) atoms. The van der Waals surface area contributed by atoms with Gasteiger partial charge in [0.2, 0.25) is 0 Å². The lowest BCUT2D eigenvalue weighted by Gasteiger charge is -2.03. The summed E-state index contributed by atoms with van der Waals surface area (Å²) in [5.41, 5.74) is 6.08. The molecular formula is C25H19BrN4O2. The average Bonchev–Trinajstić information content (AvgIpc) is 3.30. The van der Waals surface area contributed by atoms with Gasteiger partial charge in [-0.05, 0) is 65.7 Å². The number of methoxy groups -OCH3 is 1. The summed E-state index contributed by atoms with van der Waals surface area (Å²) >= 11 is 3.49. The molecule has 0 spiro atoms. The van der Waals surface area contributed by atoms with Crippen LogP contribution >= 0.6 is 15.9 Å². The Hall–Kier alpha value is -3.55. The number of nitrogens with zero attached hydrogens (tertiary/aromatic N) is 3. The summed E-state index contributed by atoms with van der Waals surface area (Å²) in [5.74, 6) is -0.107. The van der Waals surface area contributed by atoms with E-state index in [9.17, 15) is 4.79 Å². The van der Waals surface area contributed by atoms with Crippen LogP contribution in [0.4, 0.5) is 5.69 Å². The van der Waals surface area contributed by atoms with Gasteiger partial charge in [0.25, 0.3) is 5.91 Å². The van der Waals surface area contributed by atoms with Gasteiger partial charge in [-0.15, -0.1) is 0 Å². The highest BCUT2D eigenvalue weighted by Gasteiger charge is 2.24. The van der Waals surface area contributed by atoms with E-state index in [4.69, 9.17) is 9.84 Å². The van der Waals surface area contributed by atoms with Crippen molar-refractivity contribution in [1.29, 1.82) is 0 Å². The van der Waals surface area contributed by atoms with Crippen LogP contribution in [0.5, 0.6) is 0 Å². The van der Waals surface area contributed by atoms with Gasteiger partial charge in [0.15, 0.2) is 0 Å². The van der Waals surface area contributed by atoms with E-state index in [0.717, 1.165) is 43.4 Å². The van der Waals surface area contributed by atoms with E-state index in [1.807, 2.05) is 71.4 Å². The second-order valence-electron chi connectivity index (χ2n) is 7.40. The Labute approximate surface area is 193 Å². The molecule has 1 amide bonds. The third-order valence-electron chi connectivity index (χ3n) is 5.27. The van der Waals surface area contributed by atoms with E-state index in [0.29, 0.717) is 12.3 Å². The normalized spacial score (nSPS) is 14.4. The van der Waals surface area contributed by atoms with Gasteiger partial charge in [0.05, 0.1) is 11.2 Å². The zero-order chi connectivity index (χ0) is 22.1. The second-order valence-corrected chi connectivity index (χ2v) is 8.31. The lowest BCUT2D eigenvalue weighted by Crippen LogP contribution is -2.03. The first-order chi connectivity index (χ1) is 15.6. The van der Waals surface area contributed by atoms with Crippen molar-refractivity contribution in [2.24, 2.45) is 0 Å². The predicted molar refractivity (Wildman–Crippen MR) is 131 cm³/mol. The molecule has 4 aromatic rings. The topological polar surface area (TPSA) is 69.0 Å². The summed E-state index contributed by atoms with van der Waals surface area (Å²) in [5, 5.41) is 8.64. The Morgan fingerprint density at radius 2 is 1.91 bits per heavy atom. The van der Waals surface area contributed by atoms with Gasteiger partial charge in [0, 0.05) is 46.2 Å². The van der Waals surface area contributed by atoms with Crippen LogP contribution in [0.15, 0.2) is 65.4 Å². The number of rotatable bonds is 5. The first kappa shape index (κ1) is 20.4. The number of pyridine rings is 1. The Bertz CT molecular complexity index is 1390. The number of nitrogens with one attached hydrogen (secondary N) is 1. The van der Waals surface area contributed by atoms with Crippen LogP contribution in [0.25, 0.3) is 34.7 Å². The van der Waals surface area contributed by atoms with Crippen LogP contribution in [0.1, 0.15) is 22.4 Å². The van der Waals surface area contributed by atoms with Gasteiger partial charge in [-0.3, -0.25) is 9.78 Å². The minimum Gasteiger partial charge on any atom is -0.362 e. The molecule has 0 saturated carbocycles. The van der Waals surface area contributed by atoms with Crippen molar-refractivity contribution in [2.75, 3.05) is 12.4 Å². The zero-order valence-electron chi connectivity index (χ0n) is 17.2. The maximum absolute atomic E-state index is 12.6. The lowest BCUT2D eigenvalue weighted by atomic mass is 10.0. The number of amides is 1. The van der Waals surface area contributed by atoms with E-state index in [1.165, 1.54) is 0 Å². The molecule has 0 unspecified atom stereocenters. The number of carbonyl (C=O) groups excluding carboxylic acids is 1. The van der Waals surface area contributed by atoms with Gasteiger partial charge in [-0.2, -0.15) is 5.10 Å². The summed E-state index contributed by atoms with van der Waals surface area (Å²) in [7, 11) is 1.64. The molecule has 0 bridgehead atoms. The Morgan fingerprint density at radius 3 is 2.72 bits per heavy atom. The van der Waals surface area contributed by atoms with Crippen LogP contribution in [0.3, 0.4) is 0 Å². The third-order valence-corrected chi connectivity index (χ3v) is 5.76. The molecule has 1 aliphatic heterocycles. The maximum atomic E-state index is 12.6. The van der Waals surface area contributed by atoms with Crippen molar-refractivity contribution in [3.63, 3.8) is 0 Å². The molecule has 7 heteroatoms. The smallest absolute Gasteiger partial charge is 0.256 e. The van der Waals surface area contributed by atoms with Crippen molar-refractivity contribution in [3.05, 3.63) is 87.8 Å². The average molecular weight is 487 g/mol. The molecule has 0 atom stereocenters. The van der Waals surface area contributed by atoms with Gasteiger partial charge in [0.1, 0.15) is 6.73 Å². The summed E-state index contributed by atoms with van der Waals surface area (Å²) in [4.78, 5) is 16.6. The molecular weight excluding hydrogens is 468 g/mol. The minimum absolute atomic E-state index is 0.107. The van der Waals surface area contributed by atoms with Crippen molar-refractivity contribution < 1.29 is 9.53 Å². The highest BCUT2D eigenvalue weighted by molar-refractivity contribution is 9.10. The molecule has 5 rings (SSSR count). The zero-order valence-corrected chi connectivity index (χ0v) is 18.8. The number of halogens is 1. The van der Waals surface area contributed by atoms with Crippen LogP contribution in [0, 0.1) is 0 Å². The third kappa shape index (κ3) is 3.88. The minimum atomic E-state index is -0.107. The van der Waals surface area contributed by atoms with Crippen LogP contribution in [0.2, 0.25) is 0 Å². The van der Waals surface area contributed by atoms with Gasteiger partial charge in [-0.1, -0.05) is 28.1 Å². The van der Waals surface area contributed by atoms with E-state index in [1.54, 1.807) is 19.5 Å². The molecule has 0 aliphatic carbocycles. The number of benzene rings is 2. The number of aromatic nitrogens is 3. The van der Waals surface area contributed by atoms with E-state index in [2.05, 4.69) is 26.2 Å². The Balaban J connectivity index is 1.56. The fourth-order valence-electron chi connectivity index (χ4n) is 3.77. The summed E-state index contributed by atoms with van der Waals surface area (Å²) in [6.07, 6.45) is 9.42. The number of hydrogen-bond donors (Lipinski definition) is 1. The number of hydrogen-bond acceptors (Lipinski definition) is 4. The molecule has 2 aromatic carbocycles. The van der Waals surface area contributed by atoms with Gasteiger partial charge >= 0.3 is 0 Å². The first-order valence-electron chi connectivity index (χ1n) is 10.0. The number of ether oxygens (including phenoxy) is 1. The largest absolute Gasteiger partial charge is 0.362 e. The summed E-state index contributed by atoms with van der Waals surface area (Å²) in [6, 6.07) is 15.7. The van der Waals surface area contributed by atoms with Crippen LogP contribution < -0.4 is 5.32 Å². The summed E-state index contributed by atoms with van der Waals surface area (Å²) in [6.45, 7) is 0.329.